The molecule has 0 aliphatic heterocycles. The molecule has 33 heavy (non-hydrogen) atoms. The molecule has 0 amide bonds. The van der Waals surface area contributed by atoms with E-state index in [0.717, 1.165) is 5.69 Å². The van der Waals surface area contributed by atoms with E-state index in [0.29, 0.717) is 5.69 Å². The van der Waals surface area contributed by atoms with E-state index in [4.69, 9.17) is 5.26 Å². The van der Waals surface area contributed by atoms with Crippen molar-refractivity contribution in [2.45, 2.75) is 5.54 Å². The minimum Gasteiger partial charge on any atom is -0.378 e. The van der Waals surface area contributed by atoms with Crippen LogP contribution in [-0.4, -0.2) is 68.2 Å². The zero-order valence-electron chi connectivity index (χ0n) is 18.7. The van der Waals surface area contributed by atoms with Gasteiger partial charge in [0.25, 0.3) is 0 Å². The van der Waals surface area contributed by atoms with Crippen LogP contribution in [0.3, 0.4) is 0 Å². The van der Waals surface area contributed by atoms with Crippen LogP contribution >= 0.6 is 0 Å². The first kappa shape index (κ1) is 29.1. The Balaban J connectivity index is 0.000000720. The predicted molar refractivity (Wildman–Crippen MR) is 120 cm³/mol. The van der Waals surface area contributed by atoms with Crippen molar-refractivity contribution in [3.63, 3.8) is 0 Å². The van der Waals surface area contributed by atoms with Crippen molar-refractivity contribution in [2.75, 3.05) is 33.1 Å². The van der Waals surface area contributed by atoms with Crippen molar-refractivity contribution < 1.29 is 0 Å². The Labute approximate surface area is 213 Å². The number of allylic oxidation sites excluding steroid dienone is 1. The summed E-state index contributed by atoms with van der Waals surface area (Å²) in [5, 5.41) is 51.9. The molecule has 0 N–H and O–H groups in total. The number of nitroso groups, excluding NO2 is 2. The Morgan fingerprint density at radius 1 is 0.879 bits per heavy atom. The second kappa shape index (κ2) is 12.8. The van der Waals surface area contributed by atoms with Gasteiger partial charge in [-0.05, 0) is 48.7 Å². The molecule has 0 fully saturated rings. The molecule has 0 saturated carbocycles. The van der Waals surface area contributed by atoms with Crippen LogP contribution in [-0.2, 0) is 0 Å². The average molecular weight is 450 g/mol. The van der Waals surface area contributed by atoms with E-state index in [1.807, 2.05) is 37.2 Å². The van der Waals surface area contributed by atoms with E-state index >= 15 is 0 Å². The average Bonchev–Trinajstić information content (AvgIpc) is 2.81. The number of nitriles is 5. The van der Waals surface area contributed by atoms with Gasteiger partial charge in [-0.25, -0.2) is 0 Å². The van der Waals surface area contributed by atoms with Gasteiger partial charge in [0, 0.05) is 49.3 Å². The molecule has 0 heterocycles. The van der Waals surface area contributed by atoms with Gasteiger partial charge in [0.1, 0.15) is 23.4 Å². The molecule has 0 spiro atoms. The zero-order valence-corrected chi connectivity index (χ0v) is 20.7. The zero-order chi connectivity index (χ0) is 24.5. The molecule has 2 rings (SSSR count). The summed E-state index contributed by atoms with van der Waals surface area (Å²) in [7, 11) is 6.77. The van der Waals surface area contributed by atoms with Crippen LogP contribution in [0.5, 0.6) is 0 Å². The first-order chi connectivity index (χ1) is 15.2. The summed E-state index contributed by atoms with van der Waals surface area (Å²) in [6.07, 6.45) is 0. The third-order valence-electron chi connectivity index (χ3n) is 4.74. The third-order valence-corrected chi connectivity index (χ3v) is 4.74. The van der Waals surface area contributed by atoms with Gasteiger partial charge in [-0.3, -0.25) is 4.90 Å². The standard InChI is InChI=1S/C13H7N7O.C8H10N2O.Na/c1-20(2)13(7-18)10(5-16)8(3-14)12(19-21)9(4-15)11(13)6-17;1-10(2)8-5-3-7(9-11)4-6-8;/h10H,1-2H3;3-6H,1-2H3;. The van der Waals surface area contributed by atoms with E-state index < -0.39 is 28.3 Å². The van der Waals surface area contributed by atoms with Gasteiger partial charge >= 0.3 is 0 Å². The minimum atomic E-state index is -1.83. The summed E-state index contributed by atoms with van der Waals surface area (Å²) in [6, 6.07) is 15.7. The monoisotopic (exact) mass is 450 g/mol. The van der Waals surface area contributed by atoms with Crippen LogP contribution in [0.15, 0.2) is 57.0 Å². The van der Waals surface area contributed by atoms with Gasteiger partial charge in [-0.1, -0.05) is 0 Å². The molecule has 1 aliphatic carbocycles. The van der Waals surface area contributed by atoms with Crippen LogP contribution in [0.1, 0.15) is 0 Å². The molecular weight excluding hydrogens is 433 g/mol. The number of nitrogens with zero attached hydrogens (tertiary/aromatic N) is 9. The summed E-state index contributed by atoms with van der Waals surface area (Å²) < 4.78 is 0. The van der Waals surface area contributed by atoms with E-state index in [9.17, 15) is 30.9 Å². The van der Waals surface area contributed by atoms with Crippen molar-refractivity contribution in [3.8, 4) is 30.3 Å². The van der Waals surface area contributed by atoms with Gasteiger partial charge < -0.3 is 4.90 Å². The molecule has 11 nitrogen and oxygen atoms in total. The normalized spacial score (nSPS) is 18.6. The number of likely N-dealkylation sites (N-methyl/N-ethyl adjacent to an activating group) is 1. The molecule has 0 bridgehead atoms. The smallest absolute Gasteiger partial charge is 0.166 e. The first-order valence-electron chi connectivity index (χ1n) is 8.85. The fourth-order valence-corrected chi connectivity index (χ4v) is 3.07. The summed E-state index contributed by atoms with van der Waals surface area (Å²) >= 11 is 0. The topological polar surface area (TPSA) is 184 Å². The Morgan fingerprint density at radius 3 is 1.76 bits per heavy atom. The van der Waals surface area contributed by atoms with Crippen LogP contribution in [0.2, 0.25) is 0 Å². The van der Waals surface area contributed by atoms with Gasteiger partial charge in [0.15, 0.2) is 5.54 Å². The number of hydrogen-bond acceptors (Lipinski definition) is 11. The Kier molecular flexibility index (Phi) is 11.3. The fourth-order valence-electron chi connectivity index (χ4n) is 3.07. The summed E-state index contributed by atoms with van der Waals surface area (Å²) in [5.74, 6) is -1.40. The number of benzene rings is 1. The largest absolute Gasteiger partial charge is 0.378 e. The predicted octanol–water partition coefficient (Wildman–Crippen LogP) is 2.62. The van der Waals surface area contributed by atoms with Crippen molar-refractivity contribution in [1.29, 1.82) is 26.3 Å². The molecule has 159 valence electrons. The van der Waals surface area contributed by atoms with Crippen LogP contribution < -0.4 is 4.90 Å². The molecule has 1 radical (unpaired) electrons. The molecule has 1 aromatic carbocycles. The second-order valence-corrected chi connectivity index (χ2v) is 6.78. The molecule has 2 atom stereocenters. The SMILES string of the molecule is CN(C)C1(C#N)C(C#N)=C(C#N)C(N=O)=C(C#N)C1C#N.CN(C)c1ccc(N=O)cc1.[Na]. The molecule has 12 heteroatoms. The number of hydrogen-bond donors (Lipinski definition) is 0. The minimum absolute atomic E-state index is 0. The summed E-state index contributed by atoms with van der Waals surface area (Å²) in [5.41, 5.74) is -2.06. The van der Waals surface area contributed by atoms with Gasteiger partial charge in [0.05, 0.1) is 41.0 Å². The molecule has 0 saturated heterocycles. The van der Waals surface area contributed by atoms with Gasteiger partial charge in [-0.2, -0.15) is 26.3 Å². The van der Waals surface area contributed by atoms with E-state index in [1.165, 1.54) is 19.0 Å². The van der Waals surface area contributed by atoms with Crippen LogP contribution in [0.25, 0.3) is 0 Å². The molecular formula is C21H17N9NaO2. The maximum Gasteiger partial charge on any atom is 0.166 e. The summed E-state index contributed by atoms with van der Waals surface area (Å²) in [4.78, 5) is 24.2. The number of rotatable bonds is 4. The van der Waals surface area contributed by atoms with Crippen molar-refractivity contribution in [1.82, 2.24) is 4.90 Å². The van der Waals surface area contributed by atoms with Crippen LogP contribution in [0, 0.1) is 72.4 Å². The maximum absolute atomic E-state index is 10.9. The molecule has 1 aliphatic rings. The third kappa shape index (κ3) is 5.48. The molecule has 2 unspecified atom stereocenters. The van der Waals surface area contributed by atoms with Crippen molar-refractivity contribution in [3.05, 3.63) is 56.5 Å². The Hall–Kier alpha value is -3.89. The summed E-state index contributed by atoms with van der Waals surface area (Å²) in [6.45, 7) is 0. The van der Waals surface area contributed by atoms with Gasteiger partial charge in [0.2, 0.25) is 0 Å². The molecule has 1 aromatic rings. The Morgan fingerprint density at radius 2 is 1.45 bits per heavy atom. The molecule has 0 aromatic heterocycles. The quantitative estimate of drug-likeness (QED) is 0.491. The van der Waals surface area contributed by atoms with Crippen molar-refractivity contribution >= 4 is 40.9 Å². The van der Waals surface area contributed by atoms with Crippen molar-refractivity contribution in [2.24, 2.45) is 16.3 Å². The second-order valence-electron chi connectivity index (χ2n) is 6.78. The fraction of sp³-hybridized carbons (Fsp3) is 0.286. The maximum atomic E-state index is 10.9. The Bertz CT molecular complexity index is 1180. The van der Waals surface area contributed by atoms with E-state index in [2.05, 4.69) is 10.4 Å². The van der Waals surface area contributed by atoms with Crippen LogP contribution in [0.4, 0.5) is 11.4 Å². The van der Waals surface area contributed by atoms with Gasteiger partial charge in [-0.15, -0.1) is 9.81 Å². The van der Waals surface area contributed by atoms with E-state index in [1.54, 1.807) is 36.4 Å². The number of anilines is 1. The van der Waals surface area contributed by atoms with E-state index in [-0.39, 0.29) is 35.1 Å². The first-order valence-corrected chi connectivity index (χ1v) is 8.85.